The summed E-state index contributed by atoms with van der Waals surface area (Å²) >= 11 is 0. The Morgan fingerprint density at radius 3 is 2.44 bits per heavy atom. The van der Waals surface area contributed by atoms with Crippen LogP contribution in [-0.2, 0) is 15.4 Å². The zero-order valence-corrected chi connectivity index (χ0v) is 24.8. The molecule has 1 aliphatic rings. The SMILES string of the molecule is CN1CCCC1CCNC(=O)Oc1[nH]c2ccc(NS(=O)(=O)c3ccc(C(C)(C)C)cc3)cc2c1-c1ccccc1. The molecule has 3 N–H and O–H groups in total. The van der Waals surface area contributed by atoms with E-state index in [1.807, 2.05) is 42.5 Å². The van der Waals surface area contributed by atoms with Crippen molar-refractivity contribution in [1.29, 1.82) is 0 Å². The zero-order valence-electron chi connectivity index (χ0n) is 24.0. The lowest BCUT2D eigenvalue weighted by Crippen LogP contribution is -2.33. The molecule has 216 valence electrons. The van der Waals surface area contributed by atoms with Crippen molar-refractivity contribution in [2.75, 3.05) is 24.9 Å². The van der Waals surface area contributed by atoms with Crippen molar-refractivity contribution in [1.82, 2.24) is 15.2 Å². The standard InChI is InChI=1S/C32H38N4O4S/c1-32(2,3)23-12-15-26(16-13-23)41(38,39)35-24-14-17-28-27(21-24)29(22-9-6-5-7-10-22)30(34-28)40-31(37)33-19-18-25-11-8-20-36(25)4/h5-7,9-10,12-17,21,25,34-35H,8,11,18-20H2,1-4H3,(H,33,37). The highest BCUT2D eigenvalue weighted by Gasteiger charge is 2.23. The van der Waals surface area contributed by atoms with E-state index < -0.39 is 16.1 Å². The quantitative estimate of drug-likeness (QED) is 0.223. The minimum Gasteiger partial charge on any atom is -0.393 e. The first-order valence-corrected chi connectivity index (χ1v) is 15.5. The molecule has 0 radical (unpaired) electrons. The van der Waals surface area contributed by atoms with Crippen molar-refractivity contribution < 1.29 is 17.9 Å². The Labute approximate surface area is 242 Å². The van der Waals surface area contributed by atoms with Crippen molar-refractivity contribution in [2.24, 2.45) is 0 Å². The number of carbonyl (C=O) groups excluding carboxylic acids is 1. The Morgan fingerprint density at radius 1 is 1.05 bits per heavy atom. The third-order valence-corrected chi connectivity index (χ3v) is 9.12. The smallest absolute Gasteiger partial charge is 0.393 e. The summed E-state index contributed by atoms with van der Waals surface area (Å²) in [6.45, 7) is 7.87. The lowest BCUT2D eigenvalue weighted by molar-refractivity contribution is 0.197. The molecular formula is C32H38N4O4S. The van der Waals surface area contributed by atoms with E-state index >= 15 is 0 Å². The Balaban J connectivity index is 1.39. The number of sulfonamides is 1. The molecule has 3 aromatic carbocycles. The highest BCUT2D eigenvalue weighted by atomic mass is 32.2. The van der Waals surface area contributed by atoms with Crippen LogP contribution in [0.4, 0.5) is 10.5 Å². The van der Waals surface area contributed by atoms with Gasteiger partial charge in [0.15, 0.2) is 0 Å². The molecule has 1 fully saturated rings. The van der Waals surface area contributed by atoms with Crippen LogP contribution >= 0.6 is 0 Å². The van der Waals surface area contributed by atoms with E-state index in [-0.39, 0.29) is 10.3 Å². The van der Waals surface area contributed by atoms with Gasteiger partial charge in [-0.15, -0.1) is 0 Å². The maximum absolute atomic E-state index is 13.2. The summed E-state index contributed by atoms with van der Waals surface area (Å²) in [6, 6.07) is 22.2. The number of nitrogens with zero attached hydrogens (tertiary/aromatic N) is 1. The van der Waals surface area contributed by atoms with E-state index in [1.165, 1.54) is 6.42 Å². The summed E-state index contributed by atoms with van der Waals surface area (Å²) in [4.78, 5) is 18.5. The fraction of sp³-hybridized carbons (Fsp3) is 0.344. The summed E-state index contributed by atoms with van der Waals surface area (Å²) in [5, 5.41) is 3.61. The lowest BCUT2D eigenvalue weighted by atomic mass is 9.87. The average molecular weight is 575 g/mol. The highest BCUT2D eigenvalue weighted by Crippen LogP contribution is 2.39. The van der Waals surface area contributed by atoms with Crippen molar-refractivity contribution in [3.63, 3.8) is 0 Å². The maximum Gasteiger partial charge on any atom is 0.413 e. The van der Waals surface area contributed by atoms with Crippen molar-refractivity contribution in [2.45, 2.75) is 56.4 Å². The predicted molar refractivity (Wildman–Crippen MR) is 164 cm³/mol. The van der Waals surface area contributed by atoms with E-state index in [1.54, 1.807) is 30.3 Å². The number of carbonyl (C=O) groups is 1. The topological polar surface area (TPSA) is 104 Å². The van der Waals surface area contributed by atoms with Crippen LogP contribution in [0.2, 0.25) is 0 Å². The lowest BCUT2D eigenvalue weighted by Gasteiger charge is -2.19. The van der Waals surface area contributed by atoms with Gasteiger partial charge in [0.05, 0.1) is 10.5 Å². The van der Waals surface area contributed by atoms with Gasteiger partial charge in [-0.2, -0.15) is 0 Å². The van der Waals surface area contributed by atoms with E-state index in [0.717, 1.165) is 41.4 Å². The van der Waals surface area contributed by atoms with Gasteiger partial charge in [-0.25, -0.2) is 13.2 Å². The third kappa shape index (κ3) is 6.57. The molecule has 1 amide bonds. The van der Waals surface area contributed by atoms with E-state index in [2.05, 4.69) is 47.7 Å². The molecular weight excluding hydrogens is 536 g/mol. The van der Waals surface area contributed by atoms with Crippen molar-refractivity contribution >= 4 is 32.7 Å². The first kappa shape index (κ1) is 28.7. The second-order valence-corrected chi connectivity index (χ2v) is 13.4. The molecule has 41 heavy (non-hydrogen) atoms. The van der Waals surface area contributed by atoms with Gasteiger partial charge in [0.2, 0.25) is 5.88 Å². The van der Waals surface area contributed by atoms with Crippen LogP contribution in [0.5, 0.6) is 5.88 Å². The molecule has 0 spiro atoms. The van der Waals surface area contributed by atoms with Crippen molar-refractivity contribution in [3.8, 4) is 17.0 Å². The minimum absolute atomic E-state index is 0.0772. The molecule has 1 aromatic heterocycles. The van der Waals surface area contributed by atoms with Gasteiger partial charge in [-0.3, -0.25) is 4.72 Å². The summed E-state index contributed by atoms with van der Waals surface area (Å²) < 4.78 is 34.9. The van der Waals surface area contributed by atoms with E-state index in [0.29, 0.717) is 29.7 Å². The van der Waals surface area contributed by atoms with Gasteiger partial charge in [0.1, 0.15) is 0 Å². The van der Waals surface area contributed by atoms with Gasteiger partial charge < -0.3 is 19.9 Å². The first-order chi connectivity index (χ1) is 19.5. The molecule has 1 aliphatic heterocycles. The second-order valence-electron chi connectivity index (χ2n) is 11.7. The number of rotatable bonds is 8. The first-order valence-electron chi connectivity index (χ1n) is 14.0. The largest absolute Gasteiger partial charge is 0.413 e. The van der Waals surface area contributed by atoms with Crippen LogP contribution in [0, 0.1) is 0 Å². The van der Waals surface area contributed by atoms with Crippen LogP contribution in [0.15, 0.2) is 77.7 Å². The number of ether oxygens (including phenoxy) is 1. The summed E-state index contributed by atoms with van der Waals surface area (Å²) in [5.41, 5.74) is 3.63. The van der Waals surface area contributed by atoms with Crippen molar-refractivity contribution in [3.05, 3.63) is 78.4 Å². The van der Waals surface area contributed by atoms with Crippen LogP contribution in [0.3, 0.4) is 0 Å². The van der Waals surface area contributed by atoms with Gasteiger partial charge in [0, 0.05) is 29.2 Å². The Hall–Kier alpha value is -3.82. The number of hydrogen-bond donors (Lipinski definition) is 3. The van der Waals surface area contributed by atoms with Crippen LogP contribution in [0.1, 0.15) is 45.6 Å². The van der Waals surface area contributed by atoms with Gasteiger partial charge in [0.25, 0.3) is 10.0 Å². The van der Waals surface area contributed by atoms with Gasteiger partial charge >= 0.3 is 6.09 Å². The number of likely N-dealkylation sites (tertiary alicyclic amines) is 1. The predicted octanol–water partition coefficient (Wildman–Crippen LogP) is 6.51. The van der Waals surface area contributed by atoms with E-state index in [9.17, 15) is 13.2 Å². The Bertz CT molecular complexity index is 1620. The molecule has 1 unspecified atom stereocenters. The number of hydrogen-bond acceptors (Lipinski definition) is 5. The molecule has 9 heteroatoms. The number of anilines is 1. The molecule has 2 heterocycles. The monoisotopic (exact) mass is 574 g/mol. The highest BCUT2D eigenvalue weighted by molar-refractivity contribution is 7.92. The van der Waals surface area contributed by atoms with Gasteiger partial charge in [-0.05, 0) is 79.7 Å². The summed E-state index contributed by atoms with van der Waals surface area (Å²) in [7, 11) is -1.70. The number of aromatic nitrogens is 1. The van der Waals surface area contributed by atoms with Crippen LogP contribution in [-0.4, -0.2) is 50.6 Å². The Morgan fingerprint density at radius 2 is 1.78 bits per heavy atom. The molecule has 8 nitrogen and oxygen atoms in total. The molecule has 0 aliphatic carbocycles. The minimum atomic E-state index is -3.81. The number of nitrogens with one attached hydrogen (secondary N) is 3. The van der Waals surface area contributed by atoms with E-state index in [4.69, 9.17) is 4.74 Å². The normalized spacial score (nSPS) is 16.1. The maximum atomic E-state index is 13.2. The molecule has 5 rings (SSSR count). The summed E-state index contributed by atoms with van der Waals surface area (Å²) in [5.74, 6) is 0.305. The Kier molecular flexibility index (Phi) is 8.11. The fourth-order valence-corrected chi connectivity index (χ4v) is 6.41. The zero-order chi connectivity index (χ0) is 29.2. The second kappa shape index (κ2) is 11.6. The third-order valence-electron chi connectivity index (χ3n) is 7.72. The molecule has 0 saturated carbocycles. The number of aromatic amines is 1. The molecule has 0 bridgehead atoms. The number of H-pyrrole nitrogens is 1. The molecule has 4 aromatic rings. The number of fused-ring (bicyclic) bond motifs is 1. The summed E-state index contributed by atoms with van der Waals surface area (Å²) in [6.07, 6.45) is 2.66. The number of amides is 1. The van der Waals surface area contributed by atoms with Crippen LogP contribution < -0.4 is 14.8 Å². The molecule has 1 saturated heterocycles. The fourth-order valence-electron chi connectivity index (χ4n) is 5.36. The number of benzene rings is 3. The van der Waals surface area contributed by atoms with Crippen LogP contribution in [0.25, 0.3) is 22.0 Å². The average Bonchev–Trinajstić information content (AvgIpc) is 3.50. The molecule has 1 atom stereocenters. The van der Waals surface area contributed by atoms with Gasteiger partial charge in [-0.1, -0.05) is 63.2 Å².